The summed E-state index contributed by atoms with van der Waals surface area (Å²) < 4.78 is 52.7. The molecule has 1 aliphatic heterocycles. The molecule has 1 amide bonds. The summed E-state index contributed by atoms with van der Waals surface area (Å²) in [6.07, 6.45) is -3.90. The SMILES string of the molecule is CN(C(=O)c1cc(Br)cc(C(F)(F)F)c1)C1CCNCC1c1ccc(F)cc1.Cl. The lowest BCUT2D eigenvalue weighted by Crippen LogP contribution is -2.49. The molecular formula is C20H20BrClF4N2O. The predicted molar refractivity (Wildman–Crippen MR) is 109 cm³/mol. The van der Waals surface area contributed by atoms with Gasteiger partial charge in [0.2, 0.25) is 0 Å². The van der Waals surface area contributed by atoms with Gasteiger partial charge in [-0.2, -0.15) is 13.2 Å². The predicted octanol–water partition coefficient (Wildman–Crippen LogP) is 5.25. The summed E-state index contributed by atoms with van der Waals surface area (Å²) in [5.74, 6) is -0.911. The van der Waals surface area contributed by atoms with Crippen LogP contribution in [0.4, 0.5) is 17.6 Å². The van der Waals surface area contributed by atoms with Gasteiger partial charge in [0.15, 0.2) is 0 Å². The van der Waals surface area contributed by atoms with Gasteiger partial charge in [0.1, 0.15) is 5.82 Å². The molecule has 29 heavy (non-hydrogen) atoms. The van der Waals surface area contributed by atoms with E-state index in [-0.39, 0.29) is 40.2 Å². The molecule has 2 aromatic rings. The van der Waals surface area contributed by atoms with Crippen LogP contribution in [0.2, 0.25) is 0 Å². The van der Waals surface area contributed by atoms with Gasteiger partial charge in [0.05, 0.1) is 5.56 Å². The van der Waals surface area contributed by atoms with Gasteiger partial charge in [-0.25, -0.2) is 4.39 Å². The number of amides is 1. The van der Waals surface area contributed by atoms with Crippen molar-refractivity contribution in [3.63, 3.8) is 0 Å². The number of piperidine rings is 1. The summed E-state index contributed by atoms with van der Waals surface area (Å²) in [4.78, 5) is 14.5. The first-order chi connectivity index (χ1) is 13.2. The number of rotatable bonds is 3. The van der Waals surface area contributed by atoms with Crippen molar-refractivity contribution < 1.29 is 22.4 Å². The van der Waals surface area contributed by atoms with Gasteiger partial charge in [-0.15, -0.1) is 12.4 Å². The van der Waals surface area contributed by atoms with Crippen LogP contribution < -0.4 is 5.32 Å². The molecule has 0 spiro atoms. The summed E-state index contributed by atoms with van der Waals surface area (Å²) in [6, 6.07) is 9.09. The fourth-order valence-corrected chi connectivity index (χ4v) is 4.08. The summed E-state index contributed by atoms with van der Waals surface area (Å²) in [5.41, 5.74) is -0.0249. The Kier molecular flexibility index (Phi) is 7.70. The Morgan fingerprint density at radius 2 is 1.83 bits per heavy atom. The molecule has 0 aromatic heterocycles. The Balaban J connectivity index is 0.00000300. The first-order valence-corrected chi connectivity index (χ1v) is 9.57. The molecule has 158 valence electrons. The highest BCUT2D eigenvalue weighted by Crippen LogP contribution is 2.33. The summed E-state index contributed by atoms with van der Waals surface area (Å²) >= 11 is 3.06. The van der Waals surface area contributed by atoms with Gasteiger partial charge in [0.25, 0.3) is 5.91 Å². The van der Waals surface area contributed by atoms with Crippen LogP contribution in [-0.2, 0) is 6.18 Å². The van der Waals surface area contributed by atoms with E-state index in [1.165, 1.54) is 23.1 Å². The fraction of sp³-hybridized carbons (Fsp3) is 0.350. The highest BCUT2D eigenvalue weighted by molar-refractivity contribution is 9.10. The topological polar surface area (TPSA) is 32.3 Å². The molecule has 1 fully saturated rings. The number of nitrogens with one attached hydrogen (secondary N) is 1. The van der Waals surface area contributed by atoms with Crippen LogP contribution in [-0.4, -0.2) is 37.0 Å². The molecule has 3 rings (SSSR count). The molecule has 1 aliphatic rings. The highest BCUT2D eigenvalue weighted by atomic mass is 79.9. The van der Waals surface area contributed by atoms with Crippen LogP contribution in [0, 0.1) is 5.82 Å². The molecule has 0 aliphatic carbocycles. The number of benzene rings is 2. The maximum Gasteiger partial charge on any atom is 0.416 e. The molecule has 0 bridgehead atoms. The fourth-order valence-electron chi connectivity index (χ4n) is 3.59. The Labute approximate surface area is 181 Å². The second kappa shape index (κ2) is 9.45. The molecule has 0 radical (unpaired) electrons. The van der Waals surface area contributed by atoms with Crippen molar-refractivity contribution in [2.24, 2.45) is 0 Å². The minimum Gasteiger partial charge on any atom is -0.338 e. The zero-order valence-corrected chi connectivity index (χ0v) is 17.9. The number of carbonyl (C=O) groups excluding carboxylic acids is 1. The lowest BCUT2D eigenvalue weighted by Gasteiger charge is -2.39. The van der Waals surface area contributed by atoms with Crippen molar-refractivity contribution in [3.8, 4) is 0 Å². The smallest absolute Gasteiger partial charge is 0.338 e. The molecular weight excluding hydrogens is 476 g/mol. The van der Waals surface area contributed by atoms with E-state index in [1.807, 2.05) is 0 Å². The quantitative estimate of drug-likeness (QED) is 0.590. The van der Waals surface area contributed by atoms with E-state index in [2.05, 4.69) is 21.2 Å². The minimum atomic E-state index is -4.54. The van der Waals surface area contributed by atoms with Crippen molar-refractivity contribution in [1.29, 1.82) is 0 Å². The van der Waals surface area contributed by atoms with Crippen molar-refractivity contribution in [1.82, 2.24) is 10.2 Å². The van der Waals surface area contributed by atoms with Crippen LogP contribution in [0.5, 0.6) is 0 Å². The molecule has 1 N–H and O–H groups in total. The number of hydrogen-bond donors (Lipinski definition) is 1. The van der Waals surface area contributed by atoms with Gasteiger partial charge >= 0.3 is 6.18 Å². The lowest BCUT2D eigenvalue weighted by molar-refractivity contribution is -0.137. The highest BCUT2D eigenvalue weighted by Gasteiger charge is 2.35. The summed E-state index contributed by atoms with van der Waals surface area (Å²) in [5, 5.41) is 3.26. The molecule has 3 nitrogen and oxygen atoms in total. The van der Waals surface area contributed by atoms with Gasteiger partial charge in [0, 0.05) is 35.6 Å². The number of alkyl halides is 3. The van der Waals surface area contributed by atoms with Crippen LogP contribution >= 0.6 is 28.3 Å². The van der Waals surface area contributed by atoms with Gasteiger partial charge < -0.3 is 10.2 Å². The van der Waals surface area contributed by atoms with Gasteiger partial charge in [-0.1, -0.05) is 28.1 Å². The van der Waals surface area contributed by atoms with E-state index in [0.717, 1.165) is 17.7 Å². The normalized spacial score (nSPS) is 19.4. The van der Waals surface area contributed by atoms with Crippen LogP contribution in [0.1, 0.15) is 33.8 Å². The number of carbonyl (C=O) groups is 1. The first-order valence-electron chi connectivity index (χ1n) is 8.78. The van der Waals surface area contributed by atoms with Crippen LogP contribution in [0.3, 0.4) is 0 Å². The zero-order chi connectivity index (χ0) is 20.5. The van der Waals surface area contributed by atoms with Crippen molar-refractivity contribution in [2.75, 3.05) is 20.1 Å². The van der Waals surface area contributed by atoms with E-state index in [1.54, 1.807) is 19.2 Å². The minimum absolute atomic E-state index is 0. The molecule has 1 saturated heterocycles. The number of nitrogens with zero attached hydrogens (tertiary/aromatic N) is 1. The summed E-state index contributed by atoms with van der Waals surface area (Å²) in [7, 11) is 1.60. The first kappa shape index (κ1) is 23.6. The number of hydrogen-bond acceptors (Lipinski definition) is 2. The molecule has 2 unspecified atom stereocenters. The molecule has 2 atom stereocenters. The van der Waals surface area contributed by atoms with Crippen LogP contribution in [0.25, 0.3) is 0 Å². The third-order valence-corrected chi connectivity index (χ3v) is 5.49. The molecule has 1 heterocycles. The Morgan fingerprint density at radius 3 is 2.45 bits per heavy atom. The monoisotopic (exact) mass is 494 g/mol. The second-order valence-electron chi connectivity index (χ2n) is 6.86. The third kappa shape index (κ3) is 5.49. The Morgan fingerprint density at radius 1 is 1.17 bits per heavy atom. The van der Waals surface area contributed by atoms with E-state index in [0.29, 0.717) is 19.5 Å². The largest absolute Gasteiger partial charge is 0.416 e. The second-order valence-corrected chi connectivity index (χ2v) is 7.78. The molecule has 0 saturated carbocycles. The third-order valence-electron chi connectivity index (χ3n) is 5.03. The Hall–Kier alpha value is -1.64. The standard InChI is InChI=1S/C20H19BrF4N2O.ClH/c1-27(19(28)13-8-14(20(23,24)25)10-15(21)9-13)18-6-7-26-11-17(18)12-2-4-16(22)5-3-12;/h2-5,8-10,17-18,26H,6-7,11H2,1H3;1H. The number of likely N-dealkylation sites (N-methyl/N-ethyl adjacent to an activating group) is 1. The van der Waals surface area contributed by atoms with Crippen molar-refractivity contribution >= 4 is 34.2 Å². The van der Waals surface area contributed by atoms with E-state index in [4.69, 9.17) is 0 Å². The molecule has 2 aromatic carbocycles. The van der Waals surface area contributed by atoms with Gasteiger partial charge in [-0.05, 0) is 48.9 Å². The van der Waals surface area contributed by atoms with Crippen LogP contribution in [0.15, 0.2) is 46.9 Å². The van der Waals surface area contributed by atoms with Crippen molar-refractivity contribution in [3.05, 3.63) is 69.4 Å². The molecule has 9 heteroatoms. The van der Waals surface area contributed by atoms with E-state index >= 15 is 0 Å². The number of halogens is 6. The zero-order valence-electron chi connectivity index (χ0n) is 15.5. The average Bonchev–Trinajstić information content (AvgIpc) is 2.66. The van der Waals surface area contributed by atoms with Crippen molar-refractivity contribution in [2.45, 2.75) is 24.6 Å². The maximum absolute atomic E-state index is 13.3. The lowest BCUT2D eigenvalue weighted by atomic mass is 9.85. The van der Waals surface area contributed by atoms with Gasteiger partial charge in [-0.3, -0.25) is 4.79 Å². The summed E-state index contributed by atoms with van der Waals surface area (Å²) in [6.45, 7) is 1.28. The maximum atomic E-state index is 13.3. The average molecular weight is 496 g/mol. The Bertz CT molecular complexity index is 861. The van der Waals surface area contributed by atoms with E-state index in [9.17, 15) is 22.4 Å². The van der Waals surface area contributed by atoms with E-state index < -0.39 is 17.6 Å².